The monoisotopic (exact) mass is 281 g/mol. The van der Waals surface area contributed by atoms with Gasteiger partial charge >= 0.3 is 0 Å². The van der Waals surface area contributed by atoms with Crippen molar-refractivity contribution in [2.75, 3.05) is 20.3 Å². The molecule has 0 aliphatic carbocycles. The first-order chi connectivity index (χ1) is 9.31. The van der Waals surface area contributed by atoms with Crippen LogP contribution in [0.15, 0.2) is 22.0 Å². The van der Waals surface area contributed by atoms with Crippen LogP contribution >= 0.6 is 11.3 Å². The summed E-state index contributed by atoms with van der Waals surface area (Å²) in [5, 5.41) is 9.40. The molecule has 0 aliphatic heterocycles. The average molecular weight is 281 g/mol. The fourth-order valence-electron chi connectivity index (χ4n) is 1.90. The molecule has 0 fully saturated rings. The van der Waals surface area contributed by atoms with Gasteiger partial charge in [0.15, 0.2) is 5.82 Å². The van der Waals surface area contributed by atoms with Gasteiger partial charge in [-0.05, 0) is 18.0 Å². The standard InChI is InChI=1S/C13H19N3O2S/c1-3-14-10(9-17-2)7-13-15-12(16-18-13)8-11-5-4-6-19-11/h4-6,10,14H,3,7-9H2,1-2H3. The molecule has 0 radical (unpaired) electrons. The fraction of sp³-hybridized carbons (Fsp3) is 0.538. The molecule has 6 heteroatoms. The lowest BCUT2D eigenvalue weighted by molar-refractivity contribution is 0.162. The molecule has 2 aromatic rings. The van der Waals surface area contributed by atoms with E-state index in [-0.39, 0.29) is 6.04 Å². The summed E-state index contributed by atoms with van der Waals surface area (Å²) in [7, 11) is 1.69. The predicted molar refractivity (Wildman–Crippen MR) is 74.5 cm³/mol. The Morgan fingerprint density at radius 2 is 2.42 bits per heavy atom. The van der Waals surface area contributed by atoms with Crippen LogP contribution in [0.5, 0.6) is 0 Å². The molecule has 19 heavy (non-hydrogen) atoms. The van der Waals surface area contributed by atoms with Crippen LogP contribution in [-0.4, -0.2) is 36.4 Å². The van der Waals surface area contributed by atoms with Crippen molar-refractivity contribution in [3.05, 3.63) is 34.1 Å². The topological polar surface area (TPSA) is 60.2 Å². The molecule has 1 N–H and O–H groups in total. The summed E-state index contributed by atoms with van der Waals surface area (Å²) in [5.41, 5.74) is 0. The molecule has 1 unspecified atom stereocenters. The SMILES string of the molecule is CCNC(COC)Cc1nc(Cc2cccs2)no1. The summed E-state index contributed by atoms with van der Waals surface area (Å²) in [6.07, 6.45) is 1.43. The highest BCUT2D eigenvalue weighted by Crippen LogP contribution is 2.13. The van der Waals surface area contributed by atoms with Gasteiger partial charge in [-0.2, -0.15) is 4.98 Å². The average Bonchev–Trinajstić information content (AvgIpc) is 3.03. The Labute approximate surface area is 117 Å². The molecular formula is C13H19N3O2S. The normalized spacial score (nSPS) is 12.7. The van der Waals surface area contributed by atoms with E-state index >= 15 is 0 Å². The first kappa shape index (κ1) is 14.2. The zero-order valence-corrected chi connectivity index (χ0v) is 12.1. The Morgan fingerprint density at radius 1 is 1.53 bits per heavy atom. The fourth-order valence-corrected chi connectivity index (χ4v) is 2.61. The van der Waals surface area contributed by atoms with E-state index in [2.05, 4.69) is 33.8 Å². The van der Waals surface area contributed by atoms with Crippen molar-refractivity contribution in [3.63, 3.8) is 0 Å². The van der Waals surface area contributed by atoms with Crippen molar-refractivity contribution in [1.29, 1.82) is 0 Å². The van der Waals surface area contributed by atoms with Crippen LogP contribution in [0.1, 0.15) is 23.5 Å². The molecule has 2 heterocycles. The molecular weight excluding hydrogens is 262 g/mol. The second-order valence-corrected chi connectivity index (χ2v) is 5.31. The number of methoxy groups -OCH3 is 1. The number of likely N-dealkylation sites (N-methyl/N-ethyl adjacent to an activating group) is 1. The Kier molecular flexibility index (Phi) is 5.50. The van der Waals surface area contributed by atoms with E-state index in [1.54, 1.807) is 18.4 Å². The minimum Gasteiger partial charge on any atom is -0.383 e. The van der Waals surface area contributed by atoms with E-state index in [4.69, 9.17) is 9.26 Å². The van der Waals surface area contributed by atoms with Gasteiger partial charge in [0, 0.05) is 30.9 Å². The Hall–Kier alpha value is -1.24. The molecule has 0 saturated carbocycles. The van der Waals surface area contributed by atoms with Gasteiger partial charge in [0.2, 0.25) is 5.89 Å². The third-order valence-corrected chi connectivity index (χ3v) is 3.58. The van der Waals surface area contributed by atoms with Crippen LogP contribution in [-0.2, 0) is 17.6 Å². The van der Waals surface area contributed by atoms with Gasteiger partial charge in [0.25, 0.3) is 0 Å². The lowest BCUT2D eigenvalue weighted by atomic mass is 10.2. The molecule has 0 aliphatic rings. The van der Waals surface area contributed by atoms with Crippen LogP contribution in [0.4, 0.5) is 0 Å². The van der Waals surface area contributed by atoms with Crippen LogP contribution in [0, 0.1) is 0 Å². The Bertz CT molecular complexity index is 464. The summed E-state index contributed by atoms with van der Waals surface area (Å²) in [4.78, 5) is 5.67. The van der Waals surface area contributed by atoms with Crippen molar-refractivity contribution < 1.29 is 9.26 Å². The molecule has 0 spiro atoms. The molecule has 104 valence electrons. The highest BCUT2D eigenvalue weighted by Gasteiger charge is 2.14. The van der Waals surface area contributed by atoms with Gasteiger partial charge in [0.1, 0.15) is 0 Å². The van der Waals surface area contributed by atoms with Crippen LogP contribution in [0.2, 0.25) is 0 Å². The van der Waals surface area contributed by atoms with E-state index in [9.17, 15) is 0 Å². The number of ether oxygens (including phenoxy) is 1. The van der Waals surface area contributed by atoms with Crippen molar-refractivity contribution in [1.82, 2.24) is 15.5 Å². The molecule has 2 rings (SSSR count). The summed E-state index contributed by atoms with van der Waals surface area (Å²) >= 11 is 1.70. The number of rotatable bonds is 8. The summed E-state index contributed by atoms with van der Waals surface area (Å²) in [5.74, 6) is 1.40. The van der Waals surface area contributed by atoms with Gasteiger partial charge < -0.3 is 14.6 Å². The van der Waals surface area contributed by atoms with Crippen LogP contribution < -0.4 is 5.32 Å². The molecule has 0 aromatic carbocycles. The van der Waals surface area contributed by atoms with E-state index in [0.717, 1.165) is 18.8 Å². The molecule has 5 nitrogen and oxygen atoms in total. The quantitative estimate of drug-likeness (QED) is 0.800. The maximum atomic E-state index is 5.28. The molecule has 0 amide bonds. The van der Waals surface area contributed by atoms with Crippen molar-refractivity contribution in [2.24, 2.45) is 0 Å². The Morgan fingerprint density at radius 3 is 3.11 bits per heavy atom. The van der Waals surface area contributed by atoms with E-state index in [1.807, 2.05) is 6.07 Å². The van der Waals surface area contributed by atoms with Gasteiger partial charge in [-0.3, -0.25) is 0 Å². The van der Waals surface area contributed by atoms with Crippen LogP contribution in [0.25, 0.3) is 0 Å². The maximum absolute atomic E-state index is 5.28. The minimum absolute atomic E-state index is 0.213. The van der Waals surface area contributed by atoms with Gasteiger partial charge in [-0.25, -0.2) is 0 Å². The number of nitrogens with zero attached hydrogens (tertiary/aromatic N) is 2. The lowest BCUT2D eigenvalue weighted by Crippen LogP contribution is -2.35. The zero-order valence-electron chi connectivity index (χ0n) is 11.3. The summed E-state index contributed by atoms with van der Waals surface area (Å²) in [6.45, 7) is 3.60. The van der Waals surface area contributed by atoms with E-state index in [0.29, 0.717) is 18.9 Å². The lowest BCUT2D eigenvalue weighted by Gasteiger charge is -2.14. The van der Waals surface area contributed by atoms with Crippen molar-refractivity contribution >= 4 is 11.3 Å². The highest BCUT2D eigenvalue weighted by molar-refractivity contribution is 7.09. The minimum atomic E-state index is 0.213. The molecule has 2 aromatic heterocycles. The smallest absolute Gasteiger partial charge is 0.228 e. The number of thiophene rings is 1. The second kappa shape index (κ2) is 7.37. The molecule has 1 atom stereocenters. The van der Waals surface area contributed by atoms with Crippen molar-refractivity contribution in [3.8, 4) is 0 Å². The van der Waals surface area contributed by atoms with E-state index in [1.165, 1.54) is 4.88 Å². The molecule has 0 bridgehead atoms. The highest BCUT2D eigenvalue weighted by atomic mass is 32.1. The first-order valence-corrected chi connectivity index (χ1v) is 7.26. The van der Waals surface area contributed by atoms with Crippen LogP contribution in [0.3, 0.4) is 0 Å². The summed E-state index contributed by atoms with van der Waals surface area (Å²) < 4.78 is 10.5. The van der Waals surface area contributed by atoms with Gasteiger partial charge in [-0.15, -0.1) is 11.3 Å². The number of aromatic nitrogens is 2. The van der Waals surface area contributed by atoms with Gasteiger partial charge in [-0.1, -0.05) is 18.1 Å². The maximum Gasteiger partial charge on any atom is 0.228 e. The van der Waals surface area contributed by atoms with E-state index < -0.39 is 0 Å². The number of hydrogen-bond acceptors (Lipinski definition) is 6. The summed E-state index contributed by atoms with van der Waals surface area (Å²) in [6, 6.07) is 4.32. The largest absolute Gasteiger partial charge is 0.383 e. The third kappa shape index (κ3) is 4.41. The van der Waals surface area contributed by atoms with Crippen molar-refractivity contribution in [2.45, 2.75) is 25.8 Å². The third-order valence-electron chi connectivity index (χ3n) is 2.70. The number of nitrogens with one attached hydrogen (secondary N) is 1. The zero-order chi connectivity index (χ0) is 13.5. The van der Waals surface area contributed by atoms with Gasteiger partial charge in [0.05, 0.1) is 6.61 Å². The number of hydrogen-bond donors (Lipinski definition) is 1. The molecule has 0 saturated heterocycles. The first-order valence-electron chi connectivity index (χ1n) is 6.38. The predicted octanol–water partition coefficient (Wildman–Crippen LogP) is 1.89. The Balaban J connectivity index is 1.92. The second-order valence-electron chi connectivity index (χ2n) is 4.27.